The molecule has 0 aromatic heterocycles. The first-order valence-electron chi connectivity index (χ1n) is 9.02. The molecule has 7 heteroatoms. The summed E-state index contributed by atoms with van der Waals surface area (Å²) in [4.78, 5) is 14.4. The third-order valence-corrected chi connectivity index (χ3v) is 6.77. The van der Waals surface area contributed by atoms with E-state index in [-0.39, 0.29) is 12.0 Å². The van der Waals surface area contributed by atoms with Crippen molar-refractivity contribution in [1.29, 1.82) is 0 Å². The smallest absolute Gasteiger partial charge is 0.251 e. The van der Waals surface area contributed by atoms with Gasteiger partial charge < -0.3 is 9.64 Å². The van der Waals surface area contributed by atoms with E-state index in [1.807, 2.05) is 12.1 Å². The summed E-state index contributed by atoms with van der Waals surface area (Å²) in [7, 11) is -3.50. The molecule has 0 radical (unpaired) electrons. The van der Waals surface area contributed by atoms with Gasteiger partial charge in [-0.2, -0.15) is 4.31 Å². The summed E-state index contributed by atoms with van der Waals surface area (Å²) in [6, 6.07) is 7.13. The molecule has 0 aliphatic carbocycles. The number of rotatable bonds is 5. The lowest BCUT2D eigenvalue weighted by atomic mass is 10.1. The summed E-state index contributed by atoms with van der Waals surface area (Å²) in [5.41, 5.74) is 1.15. The summed E-state index contributed by atoms with van der Waals surface area (Å²) in [5.74, 6) is -0.00142. The fourth-order valence-corrected chi connectivity index (χ4v) is 4.81. The maximum atomic E-state index is 12.8. The molecule has 138 valence electrons. The number of ether oxygens (including phenoxy) is 1. The first kappa shape index (κ1) is 18.4. The molecule has 0 saturated carbocycles. The Morgan fingerprint density at radius 3 is 2.40 bits per heavy atom. The van der Waals surface area contributed by atoms with Gasteiger partial charge in [0, 0.05) is 32.8 Å². The average molecular weight is 366 g/mol. The zero-order chi connectivity index (χ0) is 17.9. The summed E-state index contributed by atoms with van der Waals surface area (Å²) in [6.45, 7) is 4.24. The maximum Gasteiger partial charge on any atom is 0.251 e. The topological polar surface area (TPSA) is 66.9 Å². The molecule has 1 aromatic carbocycles. The van der Waals surface area contributed by atoms with Crippen LogP contribution >= 0.6 is 0 Å². The standard InChI is InChI=1S/C18H26N2O4S/c1-2-4-15-6-8-16(9-7-15)25(22,23)20-12-10-19(11-13-20)18(21)17-5-3-14-24-17/h6-9,17H,2-5,10-14H2,1H3/t17-/m0/s1. The largest absolute Gasteiger partial charge is 0.368 e. The second-order valence-corrected chi connectivity index (χ2v) is 8.56. The molecule has 2 fully saturated rings. The number of piperazine rings is 1. The Kier molecular flexibility index (Phi) is 5.76. The van der Waals surface area contributed by atoms with Gasteiger partial charge in [0.05, 0.1) is 4.90 Å². The van der Waals surface area contributed by atoms with Gasteiger partial charge in [-0.05, 0) is 37.0 Å². The van der Waals surface area contributed by atoms with Crippen LogP contribution in [0.25, 0.3) is 0 Å². The molecule has 0 spiro atoms. The van der Waals surface area contributed by atoms with Crippen LogP contribution in [-0.2, 0) is 26.0 Å². The van der Waals surface area contributed by atoms with Crippen LogP contribution in [0.5, 0.6) is 0 Å². The highest BCUT2D eigenvalue weighted by Crippen LogP contribution is 2.20. The minimum atomic E-state index is -3.50. The molecule has 2 heterocycles. The van der Waals surface area contributed by atoms with Crippen molar-refractivity contribution in [3.05, 3.63) is 29.8 Å². The molecule has 2 aliphatic rings. The molecule has 6 nitrogen and oxygen atoms in total. The molecule has 0 N–H and O–H groups in total. The van der Waals surface area contributed by atoms with Gasteiger partial charge in [0.1, 0.15) is 6.10 Å². The summed E-state index contributed by atoms with van der Waals surface area (Å²) < 4.78 is 32.5. The van der Waals surface area contributed by atoms with Crippen molar-refractivity contribution >= 4 is 15.9 Å². The quantitative estimate of drug-likeness (QED) is 0.795. The van der Waals surface area contributed by atoms with E-state index in [4.69, 9.17) is 4.74 Å². The number of nitrogens with zero attached hydrogens (tertiary/aromatic N) is 2. The van der Waals surface area contributed by atoms with Crippen LogP contribution in [0.15, 0.2) is 29.2 Å². The highest BCUT2D eigenvalue weighted by atomic mass is 32.2. The molecular formula is C18H26N2O4S. The zero-order valence-corrected chi connectivity index (χ0v) is 15.5. The highest BCUT2D eigenvalue weighted by molar-refractivity contribution is 7.89. The first-order valence-corrected chi connectivity index (χ1v) is 10.5. The molecule has 2 aliphatic heterocycles. The van der Waals surface area contributed by atoms with Crippen molar-refractivity contribution in [2.24, 2.45) is 0 Å². The van der Waals surface area contributed by atoms with Crippen molar-refractivity contribution in [1.82, 2.24) is 9.21 Å². The third-order valence-electron chi connectivity index (χ3n) is 4.86. The Hall–Kier alpha value is -1.44. The Bertz CT molecular complexity index is 688. The van der Waals surface area contributed by atoms with E-state index in [9.17, 15) is 13.2 Å². The van der Waals surface area contributed by atoms with Crippen LogP contribution in [0, 0.1) is 0 Å². The van der Waals surface area contributed by atoms with E-state index in [0.29, 0.717) is 37.7 Å². The average Bonchev–Trinajstić information content (AvgIpc) is 3.17. The lowest BCUT2D eigenvalue weighted by Gasteiger charge is -2.35. The van der Waals surface area contributed by atoms with Crippen molar-refractivity contribution in [2.45, 2.75) is 43.6 Å². The Balaban J connectivity index is 1.61. The van der Waals surface area contributed by atoms with E-state index < -0.39 is 10.0 Å². The highest BCUT2D eigenvalue weighted by Gasteiger charge is 2.33. The molecule has 1 atom stereocenters. The van der Waals surface area contributed by atoms with Gasteiger partial charge >= 0.3 is 0 Å². The molecule has 0 unspecified atom stereocenters. The van der Waals surface area contributed by atoms with Crippen molar-refractivity contribution in [3.63, 3.8) is 0 Å². The number of hydrogen-bond donors (Lipinski definition) is 0. The van der Waals surface area contributed by atoms with Gasteiger partial charge in [-0.1, -0.05) is 25.5 Å². The van der Waals surface area contributed by atoms with Gasteiger partial charge in [-0.25, -0.2) is 8.42 Å². The van der Waals surface area contributed by atoms with Gasteiger partial charge in [0.2, 0.25) is 10.0 Å². The van der Waals surface area contributed by atoms with Gasteiger partial charge in [0.25, 0.3) is 5.91 Å². The lowest BCUT2D eigenvalue weighted by Crippen LogP contribution is -2.52. The molecular weight excluding hydrogens is 340 g/mol. The maximum absolute atomic E-state index is 12.8. The van der Waals surface area contributed by atoms with Crippen molar-refractivity contribution in [3.8, 4) is 0 Å². The number of sulfonamides is 1. The fraction of sp³-hybridized carbons (Fsp3) is 0.611. The molecule has 0 bridgehead atoms. The molecule has 2 saturated heterocycles. The first-order chi connectivity index (χ1) is 12.0. The number of hydrogen-bond acceptors (Lipinski definition) is 4. The van der Waals surface area contributed by atoms with Crippen LogP contribution < -0.4 is 0 Å². The van der Waals surface area contributed by atoms with Crippen molar-refractivity contribution < 1.29 is 17.9 Å². The van der Waals surface area contributed by atoms with Crippen LogP contribution in [0.2, 0.25) is 0 Å². The summed E-state index contributed by atoms with van der Waals surface area (Å²) >= 11 is 0. The van der Waals surface area contributed by atoms with Crippen LogP contribution in [0.3, 0.4) is 0 Å². The van der Waals surface area contributed by atoms with E-state index in [0.717, 1.165) is 31.2 Å². The van der Waals surface area contributed by atoms with Gasteiger partial charge in [-0.3, -0.25) is 4.79 Å². The third kappa shape index (κ3) is 4.04. The predicted molar refractivity (Wildman–Crippen MR) is 94.7 cm³/mol. The summed E-state index contributed by atoms with van der Waals surface area (Å²) in [6.07, 6.45) is 3.33. The molecule has 1 amide bonds. The van der Waals surface area contributed by atoms with Gasteiger partial charge in [-0.15, -0.1) is 0 Å². The number of carbonyl (C=O) groups is 1. The second-order valence-electron chi connectivity index (χ2n) is 6.62. The van der Waals surface area contributed by atoms with Crippen LogP contribution in [0.1, 0.15) is 31.7 Å². The normalized spacial score (nSPS) is 22.3. The molecule has 1 aromatic rings. The van der Waals surface area contributed by atoms with E-state index in [2.05, 4.69) is 6.92 Å². The SMILES string of the molecule is CCCc1ccc(S(=O)(=O)N2CCN(C(=O)[C@@H]3CCCO3)CC2)cc1. The second kappa shape index (κ2) is 7.85. The zero-order valence-electron chi connectivity index (χ0n) is 14.7. The molecule has 25 heavy (non-hydrogen) atoms. The number of amides is 1. The lowest BCUT2D eigenvalue weighted by molar-refractivity contribution is -0.142. The molecule has 3 rings (SSSR count). The monoisotopic (exact) mass is 366 g/mol. The summed E-state index contributed by atoms with van der Waals surface area (Å²) in [5, 5.41) is 0. The minimum absolute atomic E-state index is 0.00142. The predicted octanol–water partition coefficient (Wildman–Crippen LogP) is 1.65. The Morgan fingerprint density at radius 2 is 1.84 bits per heavy atom. The minimum Gasteiger partial charge on any atom is -0.368 e. The number of benzene rings is 1. The fourth-order valence-electron chi connectivity index (χ4n) is 3.39. The Morgan fingerprint density at radius 1 is 1.16 bits per heavy atom. The Labute approximate surface area is 149 Å². The van der Waals surface area contributed by atoms with E-state index >= 15 is 0 Å². The van der Waals surface area contributed by atoms with Gasteiger partial charge in [0.15, 0.2) is 0 Å². The van der Waals surface area contributed by atoms with E-state index in [1.165, 1.54) is 4.31 Å². The number of carbonyl (C=O) groups excluding carboxylic acids is 1. The van der Waals surface area contributed by atoms with Crippen LogP contribution in [-0.4, -0.2) is 62.4 Å². The van der Waals surface area contributed by atoms with Crippen LogP contribution in [0.4, 0.5) is 0 Å². The van der Waals surface area contributed by atoms with Crippen molar-refractivity contribution in [2.75, 3.05) is 32.8 Å². The van der Waals surface area contributed by atoms with E-state index in [1.54, 1.807) is 17.0 Å². The number of aryl methyl sites for hydroxylation is 1.